The van der Waals surface area contributed by atoms with Crippen LogP contribution in [0.15, 0.2) is 29.2 Å². The number of carbonyl (C=O) groups excluding carboxylic acids is 1. The van der Waals surface area contributed by atoms with E-state index in [0.29, 0.717) is 12.2 Å². The molecule has 1 aliphatic rings. The molecule has 116 valence electrons. The number of rotatable bonds is 3. The average molecular weight is 312 g/mol. The molecule has 6 nitrogen and oxygen atoms in total. The molecule has 7 heteroatoms. The van der Waals surface area contributed by atoms with Crippen molar-refractivity contribution >= 4 is 21.8 Å². The van der Waals surface area contributed by atoms with Crippen LogP contribution in [0.5, 0.6) is 0 Å². The highest BCUT2D eigenvalue weighted by molar-refractivity contribution is 7.89. The first kappa shape index (κ1) is 15.8. The third-order valence-electron chi connectivity index (χ3n) is 3.63. The number of nitrogens with zero attached hydrogens (tertiary/aromatic N) is 1. The van der Waals surface area contributed by atoms with Crippen LogP contribution >= 0.6 is 0 Å². The molecule has 2 rings (SSSR count). The van der Waals surface area contributed by atoms with E-state index in [1.807, 2.05) is 6.92 Å². The fourth-order valence-electron chi connectivity index (χ4n) is 2.44. The van der Waals surface area contributed by atoms with Crippen LogP contribution in [0, 0.1) is 0 Å². The van der Waals surface area contributed by atoms with Gasteiger partial charge in [-0.05, 0) is 44.0 Å². The summed E-state index contributed by atoms with van der Waals surface area (Å²) in [6.45, 7) is 2.50. The van der Waals surface area contributed by atoms with Gasteiger partial charge in [-0.3, -0.25) is 5.32 Å². The maximum Gasteiger partial charge on any atom is 0.411 e. The van der Waals surface area contributed by atoms with Crippen molar-refractivity contribution < 1.29 is 17.9 Å². The lowest BCUT2D eigenvalue weighted by atomic mass is 10.1. The van der Waals surface area contributed by atoms with E-state index in [1.54, 1.807) is 16.4 Å². The van der Waals surface area contributed by atoms with Gasteiger partial charge in [0.2, 0.25) is 10.0 Å². The lowest BCUT2D eigenvalue weighted by Gasteiger charge is -2.32. The summed E-state index contributed by atoms with van der Waals surface area (Å²) >= 11 is 0. The van der Waals surface area contributed by atoms with Crippen LogP contribution in [0.3, 0.4) is 0 Å². The standard InChI is InChI=1S/C14H20N2O4S/c1-11-5-3-4-10-16(11)21(18,19)13-8-6-12(7-9-13)15-14(17)20-2/h6-9,11H,3-5,10H2,1-2H3,(H,15,17)/t11-/m0/s1. The third-order valence-corrected chi connectivity index (χ3v) is 5.66. The summed E-state index contributed by atoms with van der Waals surface area (Å²) in [5, 5.41) is 2.49. The summed E-state index contributed by atoms with van der Waals surface area (Å²) in [5.74, 6) is 0. The highest BCUT2D eigenvalue weighted by Crippen LogP contribution is 2.25. The fourth-order valence-corrected chi connectivity index (χ4v) is 4.14. The molecule has 1 fully saturated rings. The number of benzene rings is 1. The number of ether oxygens (including phenoxy) is 1. The van der Waals surface area contributed by atoms with Crippen LogP contribution in [0.25, 0.3) is 0 Å². The van der Waals surface area contributed by atoms with Crippen molar-refractivity contribution in [2.75, 3.05) is 19.0 Å². The Hall–Kier alpha value is -1.60. The first-order valence-corrected chi connectivity index (χ1v) is 8.36. The van der Waals surface area contributed by atoms with E-state index in [9.17, 15) is 13.2 Å². The van der Waals surface area contributed by atoms with E-state index in [2.05, 4.69) is 10.1 Å². The second kappa shape index (κ2) is 6.44. The van der Waals surface area contributed by atoms with Gasteiger partial charge in [0.15, 0.2) is 0 Å². The van der Waals surface area contributed by atoms with Crippen molar-refractivity contribution in [2.24, 2.45) is 0 Å². The maximum absolute atomic E-state index is 12.6. The Kier molecular flexibility index (Phi) is 4.84. The normalized spacial score (nSPS) is 20.0. The number of hydrogen-bond donors (Lipinski definition) is 1. The molecule has 1 heterocycles. The van der Waals surface area contributed by atoms with E-state index < -0.39 is 16.1 Å². The first-order valence-electron chi connectivity index (χ1n) is 6.92. The van der Waals surface area contributed by atoms with E-state index in [-0.39, 0.29) is 10.9 Å². The number of piperidine rings is 1. The molecule has 1 aliphatic heterocycles. The minimum absolute atomic E-state index is 0.0246. The second-order valence-corrected chi connectivity index (χ2v) is 6.99. The Labute approximate surface area is 125 Å². The number of carbonyl (C=O) groups is 1. The first-order chi connectivity index (χ1) is 9.95. The van der Waals surface area contributed by atoms with Gasteiger partial charge < -0.3 is 4.74 Å². The van der Waals surface area contributed by atoms with Gasteiger partial charge >= 0.3 is 6.09 Å². The Balaban J connectivity index is 2.18. The second-order valence-electron chi connectivity index (χ2n) is 5.10. The molecule has 1 aromatic carbocycles. The molecule has 0 bridgehead atoms. The van der Waals surface area contributed by atoms with Gasteiger partial charge in [0, 0.05) is 18.3 Å². The molecular weight excluding hydrogens is 292 g/mol. The number of hydrogen-bond acceptors (Lipinski definition) is 4. The molecule has 21 heavy (non-hydrogen) atoms. The molecule has 0 spiro atoms. The highest BCUT2D eigenvalue weighted by atomic mass is 32.2. The molecule has 0 saturated carbocycles. The van der Waals surface area contributed by atoms with Gasteiger partial charge in [-0.25, -0.2) is 13.2 Å². The molecule has 0 unspecified atom stereocenters. The van der Waals surface area contributed by atoms with Crippen molar-refractivity contribution in [3.8, 4) is 0 Å². The van der Waals surface area contributed by atoms with Crippen LogP contribution in [0.2, 0.25) is 0 Å². The molecule has 1 saturated heterocycles. The minimum Gasteiger partial charge on any atom is -0.453 e. The zero-order valence-corrected chi connectivity index (χ0v) is 13.0. The van der Waals surface area contributed by atoms with E-state index >= 15 is 0 Å². The fraction of sp³-hybridized carbons (Fsp3) is 0.500. The smallest absolute Gasteiger partial charge is 0.411 e. The van der Waals surface area contributed by atoms with Gasteiger partial charge in [0.05, 0.1) is 12.0 Å². The zero-order chi connectivity index (χ0) is 15.5. The SMILES string of the molecule is COC(=O)Nc1ccc(S(=O)(=O)N2CCCC[C@@H]2C)cc1. The number of nitrogens with one attached hydrogen (secondary N) is 1. The van der Waals surface area contributed by atoms with Crippen molar-refractivity contribution in [2.45, 2.75) is 37.1 Å². The topological polar surface area (TPSA) is 75.7 Å². The van der Waals surface area contributed by atoms with Crippen molar-refractivity contribution in [1.82, 2.24) is 4.31 Å². The summed E-state index contributed by atoms with van der Waals surface area (Å²) in [6, 6.07) is 6.14. The van der Waals surface area contributed by atoms with Crippen molar-refractivity contribution in [3.63, 3.8) is 0 Å². The number of amides is 1. The van der Waals surface area contributed by atoms with Crippen molar-refractivity contribution in [1.29, 1.82) is 0 Å². The summed E-state index contributed by atoms with van der Waals surface area (Å²) in [6.07, 6.45) is 2.26. The lowest BCUT2D eigenvalue weighted by Crippen LogP contribution is -2.41. The van der Waals surface area contributed by atoms with Gasteiger partial charge in [-0.1, -0.05) is 6.42 Å². The highest BCUT2D eigenvalue weighted by Gasteiger charge is 2.30. The third kappa shape index (κ3) is 3.54. The summed E-state index contributed by atoms with van der Waals surface area (Å²) in [7, 11) is -2.20. The van der Waals surface area contributed by atoms with E-state index in [0.717, 1.165) is 19.3 Å². The molecule has 0 aromatic heterocycles. The number of methoxy groups -OCH3 is 1. The van der Waals surface area contributed by atoms with Crippen molar-refractivity contribution in [3.05, 3.63) is 24.3 Å². The zero-order valence-electron chi connectivity index (χ0n) is 12.2. The predicted octanol–water partition coefficient (Wildman–Crippen LogP) is 2.43. The largest absolute Gasteiger partial charge is 0.453 e. The van der Waals surface area contributed by atoms with E-state index in [4.69, 9.17) is 0 Å². The Morgan fingerprint density at radius 1 is 1.29 bits per heavy atom. The predicted molar refractivity (Wildman–Crippen MR) is 79.7 cm³/mol. The summed E-state index contributed by atoms with van der Waals surface area (Å²) < 4.78 is 31.2. The Morgan fingerprint density at radius 2 is 1.95 bits per heavy atom. The molecule has 1 aromatic rings. The lowest BCUT2D eigenvalue weighted by molar-refractivity contribution is 0.187. The Morgan fingerprint density at radius 3 is 2.52 bits per heavy atom. The van der Waals surface area contributed by atoms with Crippen LogP contribution in [-0.2, 0) is 14.8 Å². The van der Waals surface area contributed by atoms with Gasteiger partial charge in [0.25, 0.3) is 0 Å². The monoisotopic (exact) mass is 312 g/mol. The van der Waals surface area contributed by atoms with Gasteiger partial charge in [-0.2, -0.15) is 4.31 Å². The van der Waals surface area contributed by atoms with Crippen LogP contribution < -0.4 is 5.32 Å². The molecular formula is C14H20N2O4S. The average Bonchev–Trinajstić information content (AvgIpc) is 2.48. The van der Waals surface area contributed by atoms with Crippen LogP contribution in [0.1, 0.15) is 26.2 Å². The molecule has 1 atom stereocenters. The summed E-state index contributed by atoms with van der Waals surface area (Å²) in [5.41, 5.74) is 0.493. The van der Waals surface area contributed by atoms with Crippen LogP contribution in [0.4, 0.5) is 10.5 Å². The summed E-state index contributed by atoms with van der Waals surface area (Å²) in [4.78, 5) is 11.3. The minimum atomic E-state index is -3.47. The quantitative estimate of drug-likeness (QED) is 0.930. The number of anilines is 1. The molecule has 1 N–H and O–H groups in total. The maximum atomic E-state index is 12.6. The van der Waals surface area contributed by atoms with Gasteiger partial charge in [0.1, 0.15) is 0 Å². The number of sulfonamides is 1. The molecule has 0 radical (unpaired) electrons. The van der Waals surface area contributed by atoms with Crippen LogP contribution in [-0.4, -0.2) is 38.5 Å². The van der Waals surface area contributed by atoms with E-state index in [1.165, 1.54) is 19.2 Å². The molecule has 1 amide bonds. The molecule has 0 aliphatic carbocycles. The van der Waals surface area contributed by atoms with Gasteiger partial charge in [-0.15, -0.1) is 0 Å². The Bertz CT molecular complexity index is 598.